The van der Waals surface area contributed by atoms with E-state index < -0.39 is 0 Å². The Hall–Kier alpha value is -5.15. The first-order valence-electron chi connectivity index (χ1n) is 16.2. The summed E-state index contributed by atoms with van der Waals surface area (Å²) in [5, 5.41) is 5.06. The standard InChI is InChI=1S/C43H39N3/c1-42(2,3)30-17-19-36-34-13-7-9-15-38(34)45(40(36)24-30)32-22-29(28-12-11-21-44-27-28)23-33(26-32)46-39-16-10-8-14-35(39)37-20-18-31(25-41(37)46)43(4,5)6/h7-27H,1-6H3. The van der Waals surface area contributed by atoms with Crippen molar-refractivity contribution in [1.29, 1.82) is 0 Å². The number of aromatic nitrogens is 3. The SMILES string of the molecule is CC(C)(C)c1ccc2c3ccccc3n(-c3cc(-c4cccnc4)cc(-n4c5ccccc5c5ccc(C(C)(C)C)cc54)c3)c2c1. The Balaban J connectivity index is 1.50. The minimum absolute atomic E-state index is 0.0337. The predicted octanol–water partition coefficient (Wildman–Crippen LogP) is 11.5. The summed E-state index contributed by atoms with van der Waals surface area (Å²) < 4.78 is 4.91. The van der Waals surface area contributed by atoms with Crippen LogP contribution in [-0.2, 0) is 10.8 Å². The molecule has 0 aliphatic heterocycles. The summed E-state index contributed by atoms with van der Waals surface area (Å²) in [7, 11) is 0. The number of nitrogens with zero attached hydrogens (tertiary/aromatic N) is 3. The van der Waals surface area contributed by atoms with E-state index in [0.29, 0.717) is 0 Å². The van der Waals surface area contributed by atoms with Gasteiger partial charge in [-0.05, 0) is 76.1 Å². The number of fused-ring (bicyclic) bond motifs is 6. The summed E-state index contributed by atoms with van der Waals surface area (Å²) >= 11 is 0. The first kappa shape index (κ1) is 28.3. The number of benzene rings is 5. The molecule has 5 aromatic carbocycles. The Morgan fingerprint density at radius 2 is 0.913 bits per heavy atom. The van der Waals surface area contributed by atoms with Crippen molar-refractivity contribution in [3.05, 3.63) is 139 Å². The van der Waals surface area contributed by atoms with E-state index in [1.54, 1.807) is 0 Å². The van der Waals surface area contributed by atoms with E-state index in [9.17, 15) is 0 Å². The zero-order valence-corrected chi connectivity index (χ0v) is 27.5. The van der Waals surface area contributed by atoms with Crippen molar-refractivity contribution in [1.82, 2.24) is 14.1 Å². The Labute approximate surface area is 270 Å². The molecule has 0 bridgehead atoms. The van der Waals surface area contributed by atoms with Crippen LogP contribution in [0.1, 0.15) is 52.7 Å². The van der Waals surface area contributed by atoms with Gasteiger partial charge in [-0.15, -0.1) is 0 Å². The van der Waals surface area contributed by atoms with Crippen LogP contribution in [0.4, 0.5) is 0 Å². The molecule has 0 saturated heterocycles. The average molecular weight is 598 g/mol. The molecule has 0 N–H and O–H groups in total. The van der Waals surface area contributed by atoms with E-state index in [2.05, 4.69) is 165 Å². The average Bonchev–Trinajstić information content (AvgIpc) is 3.56. The van der Waals surface area contributed by atoms with Crippen LogP contribution in [0.3, 0.4) is 0 Å². The summed E-state index contributed by atoms with van der Waals surface area (Å²) in [5.41, 5.74) is 12.1. The van der Waals surface area contributed by atoms with E-state index in [-0.39, 0.29) is 10.8 Å². The van der Waals surface area contributed by atoms with E-state index in [1.165, 1.54) is 54.7 Å². The summed E-state index contributed by atoms with van der Waals surface area (Å²) in [4.78, 5) is 4.51. The lowest BCUT2D eigenvalue weighted by molar-refractivity contribution is 0.590. The van der Waals surface area contributed by atoms with Crippen molar-refractivity contribution in [3.63, 3.8) is 0 Å². The molecule has 0 fully saturated rings. The second-order valence-corrected chi connectivity index (χ2v) is 14.6. The molecule has 0 aliphatic carbocycles. The fourth-order valence-corrected chi connectivity index (χ4v) is 6.98. The van der Waals surface area contributed by atoms with Gasteiger partial charge in [0, 0.05) is 50.9 Å². The first-order valence-corrected chi connectivity index (χ1v) is 16.2. The fraction of sp³-hybridized carbons (Fsp3) is 0.186. The van der Waals surface area contributed by atoms with Crippen LogP contribution in [0.2, 0.25) is 0 Å². The van der Waals surface area contributed by atoms with Crippen LogP contribution >= 0.6 is 0 Å². The van der Waals surface area contributed by atoms with Gasteiger partial charge in [-0.2, -0.15) is 0 Å². The maximum absolute atomic E-state index is 4.51. The molecule has 0 unspecified atom stereocenters. The van der Waals surface area contributed by atoms with Gasteiger partial charge in [-0.1, -0.05) is 108 Å². The summed E-state index contributed by atoms with van der Waals surface area (Å²) in [5.74, 6) is 0. The molecule has 3 nitrogen and oxygen atoms in total. The van der Waals surface area contributed by atoms with Gasteiger partial charge in [-0.25, -0.2) is 0 Å². The number of para-hydroxylation sites is 2. The molecule has 3 heterocycles. The largest absolute Gasteiger partial charge is 0.309 e. The smallest absolute Gasteiger partial charge is 0.0544 e. The first-order chi connectivity index (χ1) is 22.1. The highest BCUT2D eigenvalue weighted by Gasteiger charge is 2.21. The second kappa shape index (κ2) is 10.2. The number of pyridine rings is 1. The van der Waals surface area contributed by atoms with E-state index in [0.717, 1.165) is 22.5 Å². The van der Waals surface area contributed by atoms with Gasteiger partial charge in [0.15, 0.2) is 0 Å². The number of rotatable bonds is 3. The van der Waals surface area contributed by atoms with Gasteiger partial charge in [0.1, 0.15) is 0 Å². The predicted molar refractivity (Wildman–Crippen MR) is 196 cm³/mol. The Kier molecular flexibility index (Phi) is 6.27. The highest BCUT2D eigenvalue weighted by Crippen LogP contribution is 2.39. The lowest BCUT2D eigenvalue weighted by Gasteiger charge is -2.20. The normalized spacial score (nSPS) is 12.6. The lowest BCUT2D eigenvalue weighted by atomic mass is 9.86. The third-order valence-corrected chi connectivity index (χ3v) is 9.49. The highest BCUT2D eigenvalue weighted by molar-refractivity contribution is 6.11. The molecule has 226 valence electrons. The maximum atomic E-state index is 4.51. The minimum atomic E-state index is 0.0337. The van der Waals surface area contributed by atoms with Gasteiger partial charge in [-0.3, -0.25) is 4.98 Å². The molecule has 8 rings (SSSR count). The highest BCUT2D eigenvalue weighted by atomic mass is 15.0. The van der Waals surface area contributed by atoms with Gasteiger partial charge in [0.2, 0.25) is 0 Å². The quantitative estimate of drug-likeness (QED) is 0.199. The summed E-state index contributed by atoms with van der Waals surface area (Å²) in [6.45, 7) is 13.7. The molecule has 0 aliphatic rings. The van der Waals surface area contributed by atoms with Crippen LogP contribution in [0.25, 0.3) is 66.1 Å². The Bertz CT molecular complexity index is 2280. The summed E-state index contributed by atoms with van der Waals surface area (Å²) in [6.07, 6.45) is 3.81. The van der Waals surface area contributed by atoms with Crippen molar-refractivity contribution in [2.45, 2.75) is 52.4 Å². The molecular formula is C43H39N3. The molecule has 0 atom stereocenters. The van der Waals surface area contributed by atoms with Crippen LogP contribution in [-0.4, -0.2) is 14.1 Å². The van der Waals surface area contributed by atoms with Crippen LogP contribution in [0.15, 0.2) is 128 Å². The van der Waals surface area contributed by atoms with Crippen LogP contribution in [0.5, 0.6) is 0 Å². The zero-order valence-electron chi connectivity index (χ0n) is 27.5. The van der Waals surface area contributed by atoms with E-state index >= 15 is 0 Å². The summed E-state index contributed by atoms with van der Waals surface area (Å²) in [6, 6.07) is 42.8. The number of hydrogen-bond donors (Lipinski definition) is 0. The van der Waals surface area contributed by atoms with Crippen molar-refractivity contribution in [3.8, 4) is 22.5 Å². The molecule has 0 amide bonds. The third kappa shape index (κ3) is 4.53. The van der Waals surface area contributed by atoms with Gasteiger partial charge >= 0.3 is 0 Å². The zero-order chi connectivity index (χ0) is 31.8. The van der Waals surface area contributed by atoms with Crippen LogP contribution < -0.4 is 0 Å². The van der Waals surface area contributed by atoms with E-state index in [4.69, 9.17) is 0 Å². The molecule has 0 radical (unpaired) electrons. The third-order valence-electron chi connectivity index (χ3n) is 9.49. The van der Waals surface area contributed by atoms with Gasteiger partial charge in [0.05, 0.1) is 22.1 Å². The van der Waals surface area contributed by atoms with Gasteiger partial charge < -0.3 is 9.13 Å². The minimum Gasteiger partial charge on any atom is -0.309 e. The molecule has 3 heteroatoms. The molecule has 46 heavy (non-hydrogen) atoms. The van der Waals surface area contributed by atoms with E-state index in [1.807, 2.05) is 18.5 Å². The Morgan fingerprint density at radius 1 is 0.435 bits per heavy atom. The topological polar surface area (TPSA) is 22.8 Å². The monoisotopic (exact) mass is 597 g/mol. The number of hydrogen-bond acceptors (Lipinski definition) is 1. The molecular weight excluding hydrogens is 558 g/mol. The van der Waals surface area contributed by atoms with Crippen LogP contribution in [0, 0.1) is 0 Å². The van der Waals surface area contributed by atoms with Crippen molar-refractivity contribution in [2.75, 3.05) is 0 Å². The molecule has 0 saturated carbocycles. The van der Waals surface area contributed by atoms with Crippen molar-refractivity contribution >= 4 is 43.6 Å². The molecule has 3 aromatic heterocycles. The molecule has 8 aromatic rings. The van der Waals surface area contributed by atoms with Crippen molar-refractivity contribution in [2.24, 2.45) is 0 Å². The fourth-order valence-electron chi connectivity index (χ4n) is 6.98. The maximum Gasteiger partial charge on any atom is 0.0544 e. The van der Waals surface area contributed by atoms with Gasteiger partial charge in [0.25, 0.3) is 0 Å². The second-order valence-electron chi connectivity index (χ2n) is 14.6. The molecule has 0 spiro atoms. The lowest BCUT2D eigenvalue weighted by Crippen LogP contribution is -2.11. The van der Waals surface area contributed by atoms with Crippen molar-refractivity contribution < 1.29 is 0 Å². The Morgan fingerprint density at radius 3 is 1.37 bits per heavy atom.